The number of allylic oxidation sites excluding steroid dienone is 1. The summed E-state index contributed by atoms with van der Waals surface area (Å²) in [5, 5.41) is 0. The molecule has 0 N–H and O–H groups in total. The third-order valence-electron chi connectivity index (χ3n) is 3.03. The van der Waals surface area contributed by atoms with Crippen LogP contribution in [-0.2, 0) is 14.3 Å². The highest BCUT2D eigenvalue weighted by Gasteiger charge is 2.42. The maximum atomic E-state index is 12.4. The summed E-state index contributed by atoms with van der Waals surface area (Å²) in [6.45, 7) is 9.37. The second-order valence-electron chi connectivity index (χ2n) is 6.32. The third-order valence-corrected chi connectivity index (χ3v) is 3.03. The van der Waals surface area contributed by atoms with Crippen LogP contribution in [0.1, 0.15) is 47.5 Å². The van der Waals surface area contributed by atoms with E-state index in [1.165, 1.54) is 12.0 Å². The second kappa shape index (κ2) is 6.29. The van der Waals surface area contributed by atoms with Crippen molar-refractivity contribution in [2.75, 3.05) is 7.11 Å². The van der Waals surface area contributed by atoms with Crippen molar-refractivity contribution in [1.82, 2.24) is 4.90 Å². The first-order valence-corrected chi connectivity index (χ1v) is 6.90. The molecule has 0 saturated carbocycles. The van der Waals surface area contributed by atoms with E-state index in [0.717, 1.165) is 12.0 Å². The van der Waals surface area contributed by atoms with Gasteiger partial charge in [0.15, 0.2) is 0 Å². The summed E-state index contributed by atoms with van der Waals surface area (Å²) in [7, 11) is 1.34. The molecule has 0 radical (unpaired) electrons. The Labute approximate surface area is 120 Å². The Kier molecular flexibility index (Phi) is 5.20. The first-order chi connectivity index (χ1) is 9.15. The molecule has 0 aromatic heterocycles. The van der Waals surface area contributed by atoms with E-state index in [-0.39, 0.29) is 12.0 Å². The van der Waals surface area contributed by atoms with Crippen LogP contribution in [0.5, 0.6) is 0 Å². The lowest BCUT2D eigenvalue weighted by Gasteiger charge is -2.30. The number of rotatable bonds is 2. The van der Waals surface area contributed by atoms with Gasteiger partial charge in [-0.15, -0.1) is 0 Å². The predicted molar refractivity (Wildman–Crippen MR) is 76.3 cm³/mol. The molecule has 1 aliphatic rings. The molecule has 114 valence electrons. The minimum Gasteiger partial charge on any atom is -0.467 e. The van der Waals surface area contributed by atoms with Gasteiger partial charge in [0.2, 0.25) is 0 Å². The van der Waals surface area contributed by atoms with E-state index in [4.69, 9.17) is 9.47 Å². The van der Waals surface area contributed by atoms with Gasteiger partial charge in [0.25, 0.3) is 0 Å². The summed E-state index contributed by atoms with van der Waals surface area (Å²) in [6, 6.07) is -0.672. The summed E-state index contributed by atoms with van der Waals surface area (Å²) in [4.78, 5) is 25.7. The van der Waals surface area contributed by atoms with Crippen LogP contribution < -0.4 is 0 Å². The maximum absolute atomic E-state index is 12.4. The number of amides is 1. The normalized spacial score (nSPS) is 22.4. The lowest BCUT2D eigenvalue weighted by atomic mass is 10.1. The average Bonchev–Trinajstić information content (AvgIpc) is 2.68. The van der Waals surface area contributed by atoms with Gasteiger partial charge in [0.1, 0.15) is 11.6 Å². The van der Waals surface area contributed by atoms with Crippen molar-refractivity contribution in [3.63, 3.8) is 0 Å². The lowest BCUT2D eigenvalue weighted by molar-refractivity contribution is -0.146. The molecule has 0 aromatic carbocycles. The van der Waals surface area contributed by atoms with E-state index < -0.39 is 17.7 Å². The zero-order valence-corrected chi connectivity index (χ0v) is 13.2. The molecular weight excluding hydrogens is 258 g/mol. The molecule has 0 aliphatic carbocycles. The van der Waals surface area contributed by atoms with Crippen molar-refractivity contribution >= 4 is 12.1 Å². The molecular formula is C15H25NO4. The second-order valence-corrected chi connectivity index (χ2v) is 6.32. The van der Waals surface area contributed by atoms with E-state index in [0.29, 0.717) is 6.42 Å². The minimum atomic E-state index is -0.587. The zero-order valence-electron chi connectivity index (χ0n) is 13.2. The molecule has 0 aromatic rings. The lowest BCUT2D eigenvalue weighted by Crippen LogP contribution is -2.47. The number of nitrogens with zero attached hydrogens (tertiary/aromatic N) is 1. The number of esters is 1. The quantitative estimate of drug-likeness (QED) is 0.577. The Morgan fingerprint density at radius 1 is 1.20 bits per heavy atom. The van der Waals surface area contributed by atoms with Crippen molar-refractivity contribution in [2.24, 2.45) is 0 Å². The van der Waals surface area contributed by atoms with E-state index in [2.05, 4.69) is 0 Å². The van der Waals surface area contributed by atoms with Gasteiger partial charge in [0, 0.05) is 0 Å². The standard InChI is InChI=1S/C15H25NO4/c1-10(2)9-11-7-8-12(13(17)19-6)16(11)14(18)20-15(3,4)5/h9,11-12H,7-8H2,1-6H3/t11-,12-/m1/s1. The SMILES string of the molecule is COC(=O)[C@H]1CC[C@H](C=C(C)C)N1C(=O)OC(C)(C)C. The highest BCUT2D eigenvalue weighted by molar-refractivity contribution is 5.82. The molecule has 1 aliphatic heterocycles. The smallest absolute Gasteiger partial charge is 0.411 e. The van der Waals surface area contributed by atoms with Crippen LogP contribution in [0, 0.1) is 0 Å². The number of ether oxygens (including phenoxy) is 2. The monoisotopic (exact) mass is 283 g/mol. The topological polar surface area (TPSA) is 55.8 Å². The van der Waals surface area contributed by atoms with E-state index in [1.807, 2.05) is 40.7 Å². The number of methoxy groups -OCH3 is 1. The van der Waals surface area contributed by atoms with Crippen LogP contribution in [0.3, 0.4) is 0 Å². The third kappa shape index (κ3) is 4.25. The number of likely N-dealkylation sites (tertiary alicyclic amines) is 1. The fourth-order valence-corrected chi connectivity index (χ4v) is 2.33. The van der Waals surface area contributed by atoms with Crippen molar-refractivity contribution < 1.29 is 19.1 Å². The Bertz CT molecular complexity index is 405. The van der Waals surface area contributed by atoms with Crippen LogP contribution >= 0.6 is 0 Å². The van der Waals surface area contributed by atoms with E-state index >= 15 is 0 Å². The number of hydrogen-bond acceptors (Lipinski definition) is 4. The van der Waals surface area contributed by atoms with Crippen LogP contribution in [0.4, 0.5) is 4.79 Å². The van der Waals surface area contributed by atoms with Crippen molar-refractivity contribution in [1.29, 1.82) is 0 Å². The number of carbonyl (C=O) groups excluding carboxylic acids is 2. The molecule has 2 atom stereocenters. The van der Waals surface area contributed by atoms with Gasteiger partial charge in [-0.2, -0.15) is 0 Å². The maximum Gasteiger partial charge on any atom is 0.411 e. The minimum absolute atomic E-state index is 0.112. The van der Waals surface area contributed by atoms with Crippen molar-refractivity contribution in [2.45, 2.75) is 65.1 Å². The van der Waals surface area contributed by atoms with Crippen LogP contribution in [0.25, 0.3) is 0 Å². The van der Waals surface area contributed by atoms with E-state index in [9.17, 15) is 9.59 Å². The molecule has 1 heterocycles. The van der Waals surface area contributed by atoms with Gasteiger partial charge >= 0.3 is 12.1 Å². The van der Waals surface area contributed by atoms with E-state index in [1.54, 1.807) is 0 Å². The van der Waals surface area contributed by atoms with Gasteiger partial charge in [-0.3, -0.25) is 4.90 Å². The Morgan fingerprint density at radius 3 is 2.25 bits per heavy atom. The van der Waals surface area contributed by atoms with Gasteiger partial charge in [-0.25, -0.2) is 9.59 Å². The highest BCUT2D eigenvalue weighted by Crippen LogP contribution is 2.28. The molecule has 1 amide bonds. The fourth-order valence-electron chi connectivity index (χ4n) is 2.33. The Hall–Kier alpha value is -1.52. The molecule has 5 heteroatoms. The number of carbonyl (C=O) groups is 2. The first kappa shape index (κ1) is 16.5. The number of hydrogen-bond donors (Lipinski definition) is 0. The Morgan fingerprint density at radius 2 is 1.80 bits per heavy atom. The van der Waals surface area contributed by atoms with Crippen molar-refractivity contribution in [3.05, 3.63) is 11.6 Å². The van der Waals surface area contributed by atoms with Crippen LogP contribution in [-0.4, -0.2) is 41.8 Å². The average molecular weight is 283 g/mol. The first-order valence-electron chi connectivity index (χ1n) is 6.90. The van der Waals surface area contributed by atoms with Gasteiger partial charge in [-0.1, -0.05) is 11.6 Å². The largest absolute Gasteiger partial charge is 0.467 e. The molecule has 1 rings (SSSR count). The molecule has 20 heavy (non-hydrogen) atoms. The summed E-state index contributed by atoms with van der Waals surface area (Å²) >= 11 is 0. The van der Waals surface area contributed by atoms with Gasteiger partial charge < -0.3 is 9.47 Å². The van der Waals surface area contributed by atoms with Crippen LogP contribution in [0.2, 0.25) is 0 Å². The van der Waals surface area contributed by atoms with Gasteiger partial charge in [0.05, 0.1) is 13.2 Å². The Balaban J connectivity index is 2.98. The van der Waals surface area contributed by atoms with Crippen LogP contribution in [0.15, 0.2) is 11.6 Å². The summed E-state index contributed by atoms with van der Waals surface area (Å²) in [5.74, 6) is -0.388. The zero-order chi connectivity index (χ0) is 15.5. The molecule has 1 saturated heterocycles. The summed E-state index contributed by atoms with van der Waals surface area (Å²) < 4.78 is 10.2. The predicted octanol–water partition coefficient (Wildman–Crippen LogP) is 2.89. The molecule has 0 unspecified atom stereocenters. The molecule has 0 spiro atoms. The summed E-state index contributed by atoms with van der Waals surface area (Å²) in [5.41, 5.74) is 0.518. The molecule has 5 nitrogen and oxygen atoms in total. The van der Waals surface area contributed by atoms with Crippen molar-refractivity contribution in [3.8, 4) is 0 Å². The molecule has 1 fully saturated rings. The summed E-state index contributed by atoms with van der Waals surface area (Å²) in [6.07, 6.45) is 2.87. The molecule has 0 bridgehead atoms. The van der Waals surface area contributed by atoms with Gasteiger partial charge in [-0.05, 0) is 47.5 Å². The fraction of sp³-hybridized carbons (Fsp3) is 0.733. The highest BCUT2D eigenvalue weighted by atomic mass is 16.6.